The number of hydrogen-bond donors (Lipinski definition) is 1. The van der Waals surface area contributed by atoms with E-state index in [1.165, 1.54) is 6.39 Å². The molecule has 0 unspecified atom stereocenters. The van der Waals surface area contributed by atoms with Gasteiger partial charge in [0.15, 0.2) is 12.2 Å². The molecule has 1 N–H and O–H groups in total. The van der Waals surface area contributed by atoms with Gasteiger partial charge >= 0.3 is 0 Å². The van der Waals surface area contributed by atoms with Crippen molar-refractivity contribution in [3.63, 3.8) is 0 Å². The lowest BCUT2D eigenvalue weighted by molar-refractivity contribution is 0.185. The molecule has 0 fully saturated rings. The predicted octanol–water partition coefficient (Wildman–Crippen LogP) is 1.98. The van der Waals surface area contributed by atoms with Gasteiger partial charge in [-0.05, 0) is 11.6 Å². The molecule has 16 heavy (non-hydrogen) atoms. The molecule has 0 radical (unpaired) electrons. The zero-order valence-electron chi connectivity index (χ0n) is 9.01. The quantitative estimate of drug-likeness (QED) is 0.854. The molecule has 0 atom stereocenters. The number of aliphatic hydroxyl groups excluding tert-OH is 1. The Balaban J connectivity index is 2.36. The highest BCUT2D eigenvalue weighted by Gasteiger charge is 2.09. The zero-order chi connectivity index (χ0) is 11.4. The molecule has 0 spiro atoms. The van der Waals surface area contributed by atoms with E-state index in [1.54, 1.807) is 7.11 Å². The Morgan fingerprint density at radius 2 is 2.31 bits per heavy atom. The van der Waals surface area contributed by atoms with Crippen LogP contribution in [0.15, 0.2) is 35.1 Å². The molecule has 1 aromatic carbocycles. The van der Waals surface area contributed by atoms with Gasteiger partial charge in [0.2, 0.25) is 0 Å². The first-order valence-corrected chi connectivity index (χ1v) is 4.96. The fraction of sp³-hybridized carbons (Fsp3) is 0.250. The summed E-state index contributed by atoms with van der Waals surface area (Å²) < 4.78 is 10.3. The van der Waals surface area contributed by atoms with Crippen LogP contribution in [0.25, 0.3) is 11.3 Å². The number of ether oxygens (including phenoxy) is 1. The normalized spacial score (nSPS) is 10.6. The summed E-state index contributed by atoms with van der Waals surface area (Å²) >= 11 is 0. The minimum Gasteiger partial charge on any atom is -0.443 e. The van der Waals surface area contributed by atoms with Crippen molar-refractivity contribution in [2.75, 3.05) is 7.11 Å². The molecular formula is C12H13NO3. The molecule has 0 saturated heterocycles. The van der Waals surface area contributed by atoms with Gasteiger partial charge < -0.3 is 14.3 Å². The van der Waals surface area contributed by atoms with E-state index < -0.39 is 0 Å². The average molecular weight is 219 g/mol. The van der Waals surface area contributed by atoms with Gasteiger partial charge in [0, 0.05) is 12.7 Å². The highest BCUT2D eigenvalue weighted by atomic mass is 16.5. The number of aliphatic hydroxyl groups is 1. The number of hydrogen-bond acceptors (Lipinski definition) is 4. The third kappa shape index (κ3) is 2.13. The monoisotopic (exact) mass is 219 g/mol. The SMILES string of the molecule is COCc1cccc(-c2ocnc2CO)c1. The van der Waals surface area contributed by atoms with Gasteiger partial charge in [0.25, 0.3) is 0 Å². The summed E-state index contributed by atoms with van der Waals surface area (Å²) in [6.45, 7) is 0.427. The van der Waals surface area contributed by atoms with Gasteiger partial charge in [-0.25, -0.2) is 4.98 Å². The second kappa shape index (κ2) is 4.92. The van der Waals surface area contributed by atoms with Gasteiger partial charge in [-0.1, -0.05) is 18.2 Å². The van der Waals surface area contributed by atoms with E-state index >= 15 is 0 Å². The number of rotatable bonds is 4. The topological polar surface area (TPSA) is 55.5 Å². The molecule has 0 amide bonds. The summed E-state index contributed by atoms with van der Waals surface area (Å²) in [6, 6.07) is 7.78. The Bertz CT molecular complexity index is 465. The standard InChI is InChI=1S/C12H13NO3/c1-15-7-9-3-2-4-10(5-9)12-11(6-14)13-8-16-12/h2-5,8,14H,6-7H2,1H3. The lowest BCUT2D eigenvalue weighted by Gasteiger charge is -2.03. The van der Waals surface area contributed by atoms with E-state index in [2.05, 4.69) is 4.98 Å². The van der Waals surface area contributed by atoms with Crippen molar-refractivity contribution in [2.24, 2.45) is 0 Å². The van der Waals surface area contributed by atoms with Crippen molar-refractivity contribution in [1.29, 1.82) is 0 Å². The smallest absolute Gasteiger partial charge is 0.181 e. The van der Waals surface area contributed by atoms with Gasteiger partial charge in [-0.3, -0.25) is 0 Å². The Labute approximate surface area is 93.5 Å². The summed E-state index contributed by atoms with van der Waals surface area (Å²) in [7, 11) is 1.65. The van der Waals surface area contributed by atoms with E-state index in [-0.39, 0.29) is 6.61 Å². The molecule has 4 heteroatoms. The minimum absolute atomic E-state index is 0.125. The molecule has 84 valence electrons. The summed E-state index contributed by atoms with van der Waals surface area (Å²) in [5, 5.41) is 9.09. The first-order chi connectivity index (χ1) is 7.85. The van der Waals surface area contributed by atoms with Crippen LogP contribution in [0.1, 0.15) is 11.3 Å². The first-order valence-electron chi connectivity index (χ1n) is 4.96. The molecule has 0 bridgehead atoms. The van der Waals surface area contributed by atoms with Crippen LogP contribution in [0.5, 0.6) is 0 Å². The largest absolute Gasteiger partial charge is 0.443 e. The molecule has 1 heterocycles. The first kappa shape index (κ1) is 10.9. The van der Waals surface area contributed by atoms with E-state index in [0.717, 1.165) is 11.1 Å². The van der Waals surface area contributed by atoms with E-state index in [0.29, 0.717) is 18.1 Å². The van der Waals surface area contributed by atoms with Gasteiger partial charge in [0.1, 0.15) is 5.69 Å². The van der Waals surface area contributed by atoms with Crippen LogP contribution in [0.2, 0.25) is 0 Å². The van der Waals surface area contributed by atoms with E-state index in [9.17, 15) is 0 Å². The third-order valence-corrected chi connectivity index (χ3v) is 2.29. The average Bonchev–Trinajstić information content (AvgIpc) is 2.78. The van der Waals surface area contributed by atoms with Crippen LogP contribution in [-0.4, -0.2) is 17.2 Å². The Morgan fingerprint density at radius 3 is 3.06 bits per heavy atom. The van der Waals surface area contributed by atoms with Crippen LogP contribution < -0.4 is 0 Å². The summed E-state index contributed by atoms with van der Waals surface area (Å²) in [6.07, 6.45) is 1.34. The number of aromatic nitrogens is 1. The number of methoxy groups -OCH3 is 1. The summed E-state index contributed by atoms with van der Waals surface area (Å²) in [5.74, 6) is 0.612. The molecule has 2 aromatic rings. The molecule has 0 aliphatic carbocycles. The maximum absolute atomic E-state index is 9.09. The highest BCUT2D eigenvalue weighted by molar-refractivity contribution is 5.60. The molecule has 0 saturated carbocycles. The fourth-order valence-electron chi connectivity index (χ4n) is 1.59. The van der Waals surface area contributed by atoms with Crippen molar-refractivity contribution in [3.8, 4) is 11.3 Å². The Kier molecular flexibility index (Phi) is 3.34. The van der Waals surface area contributed by atoms with Crippen LogP contribution >= 0.6 is 0 Å². The predicted molar refractivity (Wildman–Crippen MR) is 58.6 cm³/mol. The van der Waals surface area contributed by atoms with Crippen LogP contribution in [0.4, 0.5) is 0 Å². The third-order valence-electron chi connectivity index (χ3n) is 2.29. The molecule has 1 aromatic heterocycles. The number of nitrogens with zero attached hydrogens (tertiary/aromatic N) is 1. The van der Waals surface area contributed by atoms with Crippen molar-refractivity contribution in [1.82, 2.24) is 4.98 Å². The van der Waals surface area contributed by atoms with Crippen LogP contribution in [-0.2, 0) is 18.0 Å². The number of benzene rings is 1. The fourth-order valence-corrected chi connectivity index (χ4v) is 1.59. The van der Waals surface area contributed by atoms with Gasteiger partial charge in [-0.2, -0.15) is 0 Å². The molecule has 0 aliphatic rings. The molecular weight excluding hydrogens is 206 g/mol. The Hall–Kier alpha value is -1.65. The molecule has 4 nitrogen and oxygen atoms in total. The van der Waals surface area contributed by atoms with E-state index in [1.807, 2.05) is 24.3 Å². The van der Waals surface area contributed by atoms with Gasteiger partial charge in [-0.15, -0.1) is 0 Å². The maximum atomic E-state index is 9.09. The minimum atomic E-state index is -0.125. The van der Waals surface area contributed by atoms with Crippen molar-refractivity contribution < 1.29 is 14.3 Å². The van der Waals surface area contributed by atoms with Crippen molar-refractivity contribution in [3.05, 3.63) is 41.9 Å². The zero-order valence-corrected chi connectivity index (χ0v) is 9.01. The summed E-state index contributed by atoms with van der Waals surface area (Å²) in [4.78, 5) is 3.94. The second-order valence-electron chi connectivity index (χ2n) is 3.42. The van der Waals surface area contributed by atoms with Crippen LogP contribution in [0.3, 0.4) is 0 Å². The van der Waals surface area contributed by atoms with Gasteiger partial charge in [0.05, 0.1) is 13.2 Å². The summed E-state index contributed by atoms with van der Waals surface area (Å²) in [5.41, 5.74) is 2.51. The van der Waals surface area contributed by atoms with Crippen molar-refractivity contribution in [2.45, 2.75) is 13.2 Å². The lowest BCUT2D eigenvalue weighted by atomic mass is 10.1. The number of oxazole rings is 1. The second-order valence-corrected chi connectivity index (χ2v) is 3.42. The maximum Gasteiger partial charge on any atom is 0.181 e. The highest BCUT2D eigenvalue weighted by Crippen LogP contribution is 2.24. The van der Waals surface area contributed by atoms with Crippen LogP contribution in [0, 0.1) is 0 Å². The van der Waals surface area contributed by atoms with E-state index in [4.69, 9.17) is 14.3 Å². The molecule has 0 aliphatic heterocycles. The van der Waals surface area contributed by atoms with Crippen molar-refractivity contribution >= 4 is 0 Å². The molecule has 2 rings (SSSR count). The Morgan fingerprint density at radius 1 is 1.44 bits per heavy atom. The lowest BCUT2D eigenvalue weighted by Crippen LogP contribution is -1.90.